The second-order valence-corrected chi connectivity index (χ2v) is 8.71. The van der Waals surface area contributed by atoms with Gasteiger partial charge in [-0.3, -0.25) is 4.79 Å². The number of nitrogens with zero attached hydrogens (tertiary/aromatic N) is 1. The molecule has 1 heterocycles. The summed E-state index contributed by atoms with van der Waals surface area (Å²) >= 11 is 0. The monoisotopic (exact) mass is 418 g/mol. The van der Waals surface area contributed by atoms with Gasteiger partial charge in [0.05, 0.1) is 10.8 Å². The van der Waals surface area contributed by atoms with Crippen molar-refractivity contribution in [2.24, 2.45) is 5.92 Å². The van der Waals surface area contributed by atoms with E-state index < -0.39 is 21.8 Å². The topological polar surface area (TPSA) is 75.7 Å². The number of benzene rings is 2. The molecule has 2 aromatic carbocycles. The standard InChI is InChI=1S/C21H23FN2O4S/c1-2-13-28-19-7-3-6-18(14-19)23-21(25)16-5-4-12-24(15-16)29(26,27)20-10-8-17(22)9-11-20/h2-3,6-11,14,16H,1,4-5,12-13,15H2,(H,23,25)/t16-/m1/s1. The van der Waals surface area contributed by atoms with Crippen LogP contribution in [0.1, 0.15) is 12.8 Å². The van der Waals surface area contributed by atoms with Crippen LogP contribution in [0.15, 0.2) is 66.1 Å². The highest BCUT2D eigenvalue weighted by atomic mass is 32.2. The Morgan fingerprint density at radius 2 is 2.03 bits per heavy atom. The number of carbonyl (C=O) groups is 1. The summed E-state index contributed by atoms with van der Waals surface area (Å²) in [6.45, 7) is 4.36. The molecule has 0 spiro atoms. The Morgan fingerprint density at radius 1 is 1.28 bits per heavy atom. The first-order chi connectivity index (χ1) is 13.9. The van der Waals surface area contributed by atoms with Crippen LogP contribution in [0.4, 0.5) is 10.1 Å². The number of hydrogen-bond donors (Lipinski definition) is 1. The van der Waals surface area contributed by atoms with E-state index in [0.29, 0.717) is 37.4 Å². The minimum Gasteiger partial charge on any atom is -0.489 e. The molecule has 1 aliphatic rings. The van der Waals surface area contributed by atoms with Crippen molar-refractivity contribution in [1.29, 1.82) is 0 Å². The summed E-state index contributed by atoms with van der Waals surface area (Å²) in [6, 6.07) is 11.7. The van der Waals surface area contributed by atoms with E-state index in [1.54, 1.807) is 30.3 Å². The lowest BCUT2D eigenvalue weighted by molar-refractivity contribution is -0.120. The second kappa shape index (κ2) is 9.19. The van der Waals surface area contributed by atoms with Crippen LogP contribution in [0.3, 0.4) is 0 Å². The van der Waals surface area contributed by atoms with Crippen molar-refractivity contribution in [3.63, 3.8) is 0 Å². The molecule has 0 unspecified atom stereocenters. The summed E-state index contributed by atoms with van der Waals surface area (Å²) < 4.78 is 45.5. The zero-order valence-corrected chi connectivity index (χ0v) is 16.7. The van der Waals surface area contributed by atoms with Crippen molar-refractivity contribution in [2.75, 3.05) is 25.0 Å². The number of rotatable bonds is 7. The molecule has 1 fully saturated rings. The predicted molar refractivity (Wildman–Crippen MR) is 109 cm³/mol. The van der Waals surface area contributed by atoms with E-state index in [0.717, 1.165) is 12.1 Å². The Morgan fingerprint density at radius 3 is 2.76 bits per heavy atom. The number of amides is 1. The van der Waals surface area contributed by atoms with E-state index in [9.17, 15) is 17.6 Å². The molecule has 0 saturated carbocycles. The number of halogens is 1. The van der Waals surface area contributed by atoms with E-state index in [4.69, 9.17) is 4.74 Å². The molecule has 0 radical (unpaired) electrons. The molecule has 3 rings (SSSR count). The van der Waals surface area contributed by atoms with E-state index >= 15 is 0 Å². The van der Waals surface area contributed by atoms with Crippen molar-refractivity contribution < 1.29 is 22.3 Å². The van der Waals surface area contributed by atoms with Crippen molar-refractivity contribution in [1.82, 2.24) is 4.31 Å². The van der Waals surface area contributed by atoms with Crippen molar-refractivity contribution in [3.05, 3.63) is 67.0 Å². The Labute approximate surface area is 170 Å². The highest BCUT2D eigenvalue weighted by molar-refractivity contribution is 7.89. The van der Waals surface area contributed by atoms with Crippen LogP contribution in [0.25, 0.3) is 0 Å². The zero-order valence-electron chi connectivity index (χ0n) is 15.9. The van der Waals surface area contributed by atoms with Gasteiger partial charge in [0.1, 0.15) is 18.2 Å². The average molecular weight is 418 g/mol. The number of nitrogens with one attached hydrogen (secondary N) is 1. The fourth-order valence-corrected chi connectivity index (χ4v) is 4.72. The van der Waals surface area contributed by atoms with Gasteiger partial charge in [-0.05, 0) is 49.2 Å². The summed E-state index contributed by atoms with van der Waals surface area (Å²) in [4.78, 5) is 12.7. The number of anilines is 1. The van der Waals surface area contributed by atoms with Gasteiger partial charge in [0.15, 0.2) is 0 Å². The molecule has 8 heteroatoms. The first-order valence-electron chi connectivity index (χ1n) is 9.30. The van der Waals surface area contributed by atoms with Crippen LogP contribution < -0.4 is 10.1 Å². The number of ether oxygens (including phenoxy) is 1. The molecule has 0 aromatic heterocycles. The fourth-order valence-electron chi connectivity index (χ4n) is 3.19. The smallest absolute Gasteiger partial charge is 0.243 e. The Bertz CT molecular complexity index is 976. The SMILES string of the molecule is C=CCOc1cccc(NC(=O)[C@@H]2CCCN(S(=O)(=O)c3ccc(F)cc3)C2)c1. The fraction of sp³-hybridized carbons (Fsp3) is 0.286. The van der Waals surface area contributed by atoms with Gasteiger partial charge in [-0.15, -0.1) is 0 Å². The Balaban J connectivity index is 1.68. The van der Waals surface area contributed by atoms with E-state index in [2.05, 4.69) is 11.9 Å². The molecule has 1 saturated heterocycles. The average Bonchev–Trinajstić information content (AvgIpc) is 2.73. The van der Waals surface area contributed by atoms with Crippen molar-refractivity contribution >= 4 is 21.6 Å². The van der Waals surface area contributed by atoms with Crippen molar-refractivity contribution in [2.45, 2.75) is 17.7 Å². The first-order valence-corrected chi connectivity index (χ1v) is 10.7. The number of carbonyl (C=O) groups excluding carboxylic acids is 1. The molecule has 1 aliphatic heterocycles. The number of piperidine rings is 1. The third kappa shape index (κ3) is 5.21. The lowest BCUT2D eigenvalue weighted by atomic mass is 9.98. The molecular formula is C21H23FN2O4S. The maximum Gasteiger partial charge on any atom is 0.243 e. The summed E-state index contributed by atoms with van der Waals surface area (Å²) in [5.41, 5.74) is 0.579. The molecule has 2 aromatic rings. The van der Waals surface area contributed by atoms with Crippen LogP contribution in [-0.2, 0) is 14.8 Å². The van der Waals surface area contributed by atoms with Crippen LogP contribution in [0.5, 0.6) is 5.75 Å². The van der Waals surface area contributed by atoms with Gasteiger partial charge >= 0.3 is 0 Å². The van der Waals surface area contributed by atoms with Crippen LogP contribution in [0.2, 0.25) is 0 Å². The summed E-state index contributed by atoms with van der Waals surface area (Å²) in [5.74, 6) is -0.618. The van der Waals surface area contributed by atoms with E-state index in [1.165, 1.54) is 16.4 Å². The summed E-state index contributed by atoms with van der Waals surface area (Å²) in [6.07, 6.45) is 2.79. The molecule has 1 atom stereocenters. The van der Waals surface area contributed by atoms with Gasteiger partial charge in [-0.1, -0.05) is 18.7 Å². The van der Waals surface area contributed by atoms with Crippen LogP contribution >= 0.6 is 0 Å². The van der Waals surface area contributed by atoms with E-state index in [1.807, 2.05) is 0 Å². The molecule has 6 nitrogen and oxygen atoms in total. The third-order valence-corrected chi connectivity index (χ3v) is 6.56. The molecule has 29 heavy (non-hydrogen) atoms. The molecule has 154 valence electrons. The minimum atomic E-state index is -3.78. The second-order valence-electron chi connectivity index (χ2n) is 6.77. The molecule has 0 bridgehead atoms. The maximum atomic E-state index is 13.1. The number of sulfonamides is 1. The first kappa shape index (κ1) is 21.0. The predicted octanol–water partition coefficient (Wildman–Crippen LogP) is 3.43. The lowest BCUT2D eigenvalue weighted by Crippen LogP contribution is -2.43. The highest BCUT2D eigenvalue weighted by Gasteiger charge is 2.33. The Hall–Kier alpha value is -2.71. The van der Waals surface area contributed by atoms with Crippen LogP contribution in [-0.4, -0.2) is 38.3 Å². The maximum absolute atomic E-state index is 13.1. The van der Waals surface area contributed by atoms with Gasteiger partial charge in [0.2, 0.25) is 15.9 Å². The molecule has 1 amide bonds. The largest absolute Gasteiger partial charge is 0.489 e. The highest BCUT2D eigenvalue weighted by Crippen LogP contribution is 2.25. The molecule has 0 aliphatic carbocycles. The third-order valence-electron chi connectivity index (χ3n) is 4.68. The molecule has 1 N–H and O–H groups in total. The minimum absolute atomic E-state index is 0.0204. The normalized spacial score (nSPS) is 17.5. The quantitative estimate of drug-likeness (QED) is 0.699. The zero-order chi connectivity index (χ0) is 20.9. The van der Waals surface area contributed by atoms with Gasteiger partial charge in [-0.25, -0.2) is 12.8 Å². The summed E-state index contributed by atoms with van der Waals surface area (Å²) in [7, 11) is -3.78. The van der Waals surface area contributed by atoms with E-state index in [-0.39, 0.29) is 17.3 Å². The van der Waals surface area contributed by atoms with Gasteiger partial charge in [0.25, 0.3) is 0 Å². The number of hydrogen-bond acceptors (Lipinski definition) is 4. The van der Waals surface area contributed by atoms with Gasteiger partial charge in [0, 0.05) is 24.8 Å². The van der Waals surface area contributed by atoms with Gasteiger partial charge < -0.3 is 10.1 Å². The lowest BCUT2D eigenvalue weighted by Gasteiger charge is -2.31. The van der Waals surface area contributed by atoms with Crippen molar-refractivity contribution in [3.8, 4) is 5.75 Å². The summed E-state index contributed by atoms with van der Waals surface area (Å²) in [5, 5.41) is 2.83. The van der Waals surface area contributed by atoms with Crippen LogP contribution in [0, 0.1) is 11.7 Å². The Kier molecular flexibility index (Phi) is 6.66. The van der Waals surface area contributed by atoms with Gasteiger partial charge in [-0.2, -0.15) is 4.31 Å². The molecular weight excluding hydrogens is 395 g/mol.